The summed E-state index contributed by atoms with van der Waals surface area (Å²) in [6.07, 6.45) is 10.9. The molecule has 29 nitrogen and oxygen atoms in total. The van der Waals surface area contributed by atoms with Crippen LogP contribution in [-0.2, 0) is 62.4 Å². The summed E-state index contributed by atoms with van der Waals surface area (Å²) in [6.45, 7) is 9.59. The van der Waals surface area contributed by atoms with Crippen LogP contribution in [0.5, 0.6) is 0 Å². The Morgan fingerprint density at radius 1 is 0.756 bits per heavy atom. The summed E-state index contributed by atoms with van der Waals surface area (Å²) >= 11 is 8.08. The van der Waals surface area contributed by atoms with Gasteiger partial charge in [-0.1, -0.05) is 23.2 Å². The third kappa shape index (κ3) is 20.1. The van der Waals surface area contributed by atoms with Crippen LogP contribution in [0.2, 0.25) is 5.02 Å². The van der Waals surface area contributed by atoms with Crippen LogP contribution < -0.4 is 36.8 Å². The lowest BCUT2D eigenvalue weighted by Crippen LogP contribution is -2.52. The molecule has 468 valence electrons. The number of anilines is 2. The first kappa shape index (κ1) is 63.6. The lowest BCUT2D eigenvalue weighted by atomic mass is 10.0. The molecule has 3 saturated heterocycles. The highest BCUT2D eigenvalue weighted by Crippen LogP contribution is 2.33. The lowest BCUT2D eigenvalue weighted by molar-refractivity contribution is -0.122. The van der Waals surface area contributed by atoms with Gasteiger partial charge in [0, 0.05) is 87.3 Å². The van der Waals surface area contributed by atoms with Gasteiger partial charge in [-0.25, -0.2) is 19.6 Å². The van der Waals surface area contributed by atoms with Crippen LogP contribution in [0.15, 0.2) is 53.7 Å². The smallest absolute Gasteiger partial charge is 0.317 e. The zero-order valence-electron chi connectivity index (χ0n) is 48.2. The number of aromatic amines is 1. The van der Waals surface area contributed by atoms with E-state index < -0.39 is 0 Å². The number of benzene rings is 1. The normalized spacial score (nSPS) is 16.7. The van der Waals surface area contributed by atoms with E-state index in [2.05, 4.69) is 62.1 Å². The highest BCUT2D eigenvalue weighted by Gasteiger charge is 2.42. The highest BCUT2D eigenvalue weighted by atomic mass is 35.5. The predicted molar refractivity (Wildman–Crippen MR) is 318 cm³/mol. The van der Waals surface area contributed by atoms with Crippen LogP contribution >= 0.6 is 23.4 Å². The number of nitrogens with zero attached hydrogens (tertiary/aromatic N) is 10. The summed E-state index contributed by atoms with van der Waals surface area (Å²) in [5, 5.41) is 27.4. The molecule has 8 heterocycles. The van der Waals surface area contributed by atoms with Crippen molar-refractivity contribution in [2.75, 3.05) is 148 Å². The zero-order valence-corrected chi connectivity index (χ0v) is 49.8. The van der Waals surface area contributed by atoms with Crippen LogP contribution in [0.1, 0.15) is 50.0 Å². The number of aromatic nitrogens is 9. The van der Waals surface area contributed by atoms with Gasteiger partial charge in [-0.15, -0.1) is 5.10 Å². The summed E-state index contributed by atoms with van der Waals surface area (Å²) in [4.78, 5) is 75.2. The van der Waals surface area contributed by atoms with Gasteiger partial charge >= 0.3 is 12.1 Å². The van der Waals surface area contributed by atoms with Gasteiger partial charge in [0.1, 0.15) is 24.1 Å². The molecule has 0 radical (unpaired) electrons. The quantitative estimate of drug-likeness (QED) is 0.0215. The SMILES string of the molecule is O=C(CCCC[C@@H]1SC[C@@H]2NC(=O)N[C@@H]21)NCCOCCOCCOCCOCCC(=O)NCCCn1cc(COCCOCCOCCNC(=O)N2CCN(c3nc(NCc4nc5ccc(Cl)cc5[nH]4)c4ncn(-c5ccoc5)c4n3)CC2)nn1. The summed E-state index contributed by atoms with van der Waals surface area (Å²) < 4.78 is 48.0. The van der Waals surface area contributed by atoms with Gasteiger partial charge in [-0.2, -0.15) is 21.7 Å². The Kier molecular flexibility index (Phi) is 25.5. The second-order valence-electron chi connectivity index (χ2n) is 20.4. The summed E-state index contributed by atoms with van der Waals surface area (Å²) in [5.74, 6) is 2.65. The molecular weight excluding hydrogens is 1160 g/mol. The van der Waals surface area contributed by atoms with Crippen LogP contribution in [-0.4, -0.2) is 228 Å². The Balaban J connectivity index is 0.513. The second kappa shape index (κ2) is 34.4. The van der Waals surface area contributed by atoms with E-state index in [0.29, 0.717) is 209 Å². The largest absolute Gasteiger partial charge is 0.470 e. The van der Waals surface area contributed by atoms with E-state index in [1.54, 1.807) is 34.5 Å². The number of hydrogen-bond acceptors (Lipinski definition) is 21. The molecule has 5 aromatic heterocycles. The number of rotatable bonds is 40. The number of carbonyl (C=O) groups is 4. The molecule has 1 aromatic carbocycles. The van der Waals surface area contributed by atoms with Gasteiger partial charge in [-0.05, 0) is 37.5 Å². The standard InChI is InChI=1S/C55H78ClN17O12S/c56-39-6-7-42-43(32-39)63-46(62-42)33-60-51-50-52(73(38-61-50)41-8-18-84-36-41)67-53(66-51)70-14-16-71(17-15-70)55(77)59-12-21-80-24-27-83-30-31-85-35-40-34-72(69-68-40)13-3-10-57-48(75)9-19-78-22-25-81-28-29-82-26-23-79-20-11-58-47(74)5-2-1-4-45-49-44(37-86-45)64-54(76)65-49/h6-8,18,32,34,36,38,44-45,49H,1-5,9-17,19-31,33,35,37H2,(H,57,75)(H,58,74)(H,59,77)(H,62,63)(H,60,66,67)(H2,64,65,76)/t44-,45-,49-/m0/s1. The van der Waals surface area contributed by atoms with E-state index in [1.807, 2.05) is 40.7 Å². The number of imidazole rings is 2. The molecule has 0 bridgehead atoms. The third-order valence-electron chi connectivity index (χ3n) is 14.2. The van der Waals surface area contributed by atoms with E-state index in [1.165, 1.54) is 0 Å². The number of hydrogen-bond donors (Lipinski definition) is 7. The average molecular weight is 1240 g/mol. The van der Waals surface area contributed by atoms with Crippen molar-refractivity contribution in [3.8, 4) is 5.69 Å². The number of thioether (sulfide) groups is 1. The number of H-pyrrole nitrogens is 1. The second-order valence-corrected chi connectivity index (χ2v) is 22.1. The monoisotopic (exact) mass is 1240 g/mol. The Labute approximate surface area is 506 Å². The van der Waals surface area contributed by atoms with Crippen molar-refractivity contribution in [3.63, 3.8) is 0 Å². The van der Waals surface area contributed by atoms with Crippen molar-refractivity contribution >= 4 is 81.2 Å². The molecular formula is C55H78ClN17O12S. The first-order valence-electron chi connectivity index (χ1n) is 29.3. The first-order valence-corrected chi connectivity index (χ1v) is 30.7. The maximum absolute atomic E-state index is 13.1. The molecule has 0 aliphatic carbocycles. The number of halogens is 1. The first-order chi connectivity index (χ1) is 42.2. The van der Waals surface area contributed by atoms with Crippen molar-refractivity contribution in [2.24, 2.45) is 0 Å². The molecule has 86 heavy (non-hydrogen) atoms. The van der Waals surface area contributed by atoms with Gasteiger partial charge in [0.25, 0.3) is 0 Å². The molecule has 3 aliphatic rings. The number of nitrogens with one attached hydrogen (secondary N) is 7. The van der Waals surface area contributed by atoms with E-state index in [-0.39, 0.29) is 42.4 Å². The molecule has 0 saturated carbocycles. The molecule has 9 rings (SSSR count). The minimum atomic E-state index is -0.166. The van der Waals surface area contributed by atoms with Crippen molar-refractivity contribution in [1.82, 2.24) is 76.0 Å². The van der Waals surface area contributed by atoms with Crippen molar-refractivity contribution < 1.29 is 56.8 Å². The number of ether oxygens (including phenoxy) is 7. The van der Waals surface area contributed by atoms with Crippen molar-refractivity contribution in [3.05, 3.63) is 65.9 Å². The average Bonchev–Trinajstić information content (AvgIpc) is 2.40. The Morgan fingerprint density at radius 3 is 2.22 bits per heavy atom. The maximum atomic E-state index is 13.1. The summed E-state index contributed by atoms with van der Waals surface area (Å²) in [7, 11) is 0. The van der Waals surface area contributed by atoms with E-state index >= 15 is 0 Å². The number of aryl methyl sites for hydroxylation is 1. The molecule has 31 heteroatoms. The number of urea groups is 2. The summed E-state index contributed by atoms with van der Waals surface area (Å²) in [5.41, 5.74) is 4.32. The molecule has 0 spiro atoms. The van der Waals surface area contributed by atoms with Gasteiger partial charge in [0.2, 0.25) is 17.8 Å². The highest BCUT2D eigenvalue weighted by molar-refractivity contribution is 8.00. The summed E-state index contributed by atoms with van der Waals surface area (Å²) in [6, 6.07) is 7.54. The van der Waals surface area contributed by atoms with Crippen LogP contribution in [0.4, 0.5) is 21.4 Å². The van der Waals surface area contributed by atoms with Gasteiger partial charge < -0.3 is 84.3 Å². The Hall–Kier alpha value is -6.90. The zero-order chi connectivity index (χ0) is 59.6. The topological polar surface area (TPSA) is 328 Å². The van der Waals surface area contributed by atoms with Crippen LogP contribution in [0.25, 0.3) is 27.9 Å². The number of carbonyl (C=O) groups excluding carboxylic acids is 4. The molecule has 0 unspecified atom stereocenters. The molecule has 3 atom stereocenters. The van der Waals surface area contributed by atoms with Gasteiger partial charge in [0.15, 0.2) is 17.0 Å². The number of piperazine rings is 1. The minimum Gasteiger partial charge on any atom is -0.470 e. The predicted octanol–water partition coefficient (Wildman–Crippen LogP) is 3.03. The fraction of sp³-hybridized carbons (Fsp3) is 0.600. The molecule has 6 aromatic rings. The fourth-order valence-corrected chi connectivity index (χ4v) is 11.4. The van der Waals surface area contributed by atoms with Crippen molar-refractivity contribution in [1.29, 1.82) is 0 Å². The van der Waals surface area contributed by atoms with E-state index in [9.17, 15) is 19.2 Å². The maximum Gasteiger partial charge on any atom is 0.317 e. The number of unbranched alkanes of at least 4 members (excludes halogenated alkanes) is 1. The molecule has 6 amide bonds. The number of furan rings is 1. The lowest BCUT2D eigenvalue weighted by Gasteiger charge is -2.34. The van der Waals surface area contributed by atoms with E-state index in [4.69, 9.17) is 59.1 Å². The minimum absolute atomic E-state index is 0.0235. The number of amides is 6. The van der Waals surface area contributed by atoms with Crippen molar-refractivity contribution in [2.45, 2.75) is 75.6 Å². The van der Waals surface area contributed by atoms with E-state index in [0.717, 1.165) is 41.7 Å². The van der Waals surface area contributed by atoms with Gasteiger partial charge in [0.05, 0.1) is 140 Å². The third-order valence-corrected chi connectivity index (χ3v) is 15.9. The molecule has 3 aliphatic heterocycles. The van der Waals surface area contributed by atoms with Gasteiger partial charge in [-0.3, -0.25) is 18.8 Å². The Bertz CT molecular complexity index is 3040. The Morgan fingerprint density at radius 2 is 1.47 bits per heavy atom. The molecule has 7 N–H and O–H groups in total. The van der Waals surface area contributed by atoms with Crippen LogP contribution in [0, 0.1) is 0 Å². The fourth-order valence-electron chi connectivity index (χ4n) is 9.71. The number of fused-ring (bicyclic) bond motifs is 3. The molecule has 3 fully saturated rings. The van der Waals surface area contributed by atoms with Crippen LogP contribution in [0.3, 0.4) is 0 Å².